The van der Waals surface area contributed by atoms with E-state index in [0.717, 1.165) is 56.5 Å². The van der Waals surface area contributed by atoms with Gasteiger partial charge >= 0.3 is 0 Å². The van der Waals surface area contributed by atoms with E-state index in [2.05, 4.69) is 57.4 Å². The summed E-state index contributed by atoms with van der Waals surface area (Å²) in [6, 6.07) is 27.6. The summed E-state index contributed by atoms with van der Waals surface area (Å²) in [6.07, 6.45) is 5.68. The number of nitrogens with zero attached hydrogens (tertiary/aromatic N) is 3. The fourth-order valence-electron chi connectivity index (χ4n) is 4.26. The summed E-state index contributed by atoms with van der Waals surface area (Å²) in [5.74, 6) is -0.131. The molecule has 0 aliphatic carbocycles. The molecule has 0 unspecified atom stereocenters. The van der Waals surface area contributed by atoms with E-state index < -0.39 is 0 Å². The van der Waals surface area contributed by atoms with Gasteiger partial charge in [-0.2, -0.15) is 5.10 Å². The highest BCUT2D eigenvalue weighted by Gasteiger charge is 2.14. The van der Waals surface area contributed by atoms with E-state index in [9.17, 15) is 4.79 Å². The Labute approximate surface area is 226 Å². The quantitative estimate of drug-likeness (QED) is 0.213. The van der Waals surface area contributed by atoms with Gasteiger partial charge in [-0.15, -0.1) is 0 Å². The summed E-state index contributed by atoms with van der Waals surface area (Å²) in [5.41, 5.74) is 5.23. The molecule has 2 heterocycles. The number of nitrogens with one attached hydrogen (secondary N) is 2. The Kier molecular flexibility index (Phi) is 7.85. The first kappa shape index (κ1) is 25.3. The number of hydrogen-bond acceptors (Lipinski definition) is 5. The summed E-state index contributed by atoms with van der Waals surface area (Å²) in [5, 5.41) is 11.7. The summed E-state index contributed by atoms with van der Waals surface area (Å²) < 4.78 is 0. The van der Waals surface area contributed by atoms with Crippen molar-refractivity contribution in [3.05, 3.63) is 108 Å². The Morgan fingerprint density at radius 1 is 0.947 bits per heavy atom. The summed E-state index contributed by atoms with van der Waals surface area (Å²) in [7, 11) is 0. The zero-order chi connectivity index (χ0) is 26.3. The van der Waals surface area contributed by atoms with E-state index >= 15 is 0 Å². The molecule has 0 aliphatic heterocycles. The van der Waals surface area contributed by atoms with Crippen molar-refractivity contribution in [2.75, 3.05) is 23.3 Å². The lowest BCUT2D eigenvalue weighted by Gasteiger charge is -2.21. The number of amides is 1. The van der Waals surface area contributed by atoms with Gasteiger partial charge < -0.3 is 10.2 Å². The van der Waals surface area contributed by atoms with Crippen molar-refractivity contribution in [3.8, 4) is 0 Å². The number of hydrogen-bond donors (Lipinski definition) is 2. The highest BCUT2D eigenvalue weighted by Crippen LogP contribution is 2.33. The first-order chi connectivity index (χ1) is 18.6. The van der Waals surface area contributed by atoms with Crippen LogP contribution in [0.15, 0.2) is 101 Å². The second-order valence-corrected chi connectivity index (χ2v) is 9.79. The van der Waals surface area contributed by atoms with Crippen molar-refractivity contribution in [2.45, 2.75) is 23.6 Å². The van der Waals surface area contributed by atoms with E-state index in [-0.39, 0.29) is 5.91 Å². The maximum absolute atomic E-state index is 13.2. The number of benzene rings is 3. The van der Waals surface area contributed by atoms with Crippen LogP contribution in [0.25, 0.3) is 23.1 Å². The number of carbonyl (C=O) groups is 1. The van der Waals surface area contributed by atoms with Crippen LogP contribution in [-0.2, 0) is 0 Å². The first-order valence-corrected chi connectivity index (χ1v) is 13.5. The lowest BCUT2D eigenvalue weighted by Crippen LogP contribution is -2.21. The van der Waals surface area contributed by atoms with Gasteiger partial charge in [-0.3, -0.25) is 14.9 Å². The second-order valence-electron chi connectivity index (χ2n) is 8.68. The van der Waals surface area contributed by atoms with Gasteiger partial charge in [0.25, 0.3) is 5.91 Å². The van der Waals surface area contributed by atoms with Gasteiger partial charge in [-0.25, -0.2) is 0 Å². The molecular formula is C31H29N5OS. The Morgan fingerprint density at radius 2 is 1.74 bits per heavy atom. The molecule has 190 valence electrons. The molecule has 6 nitrogen and oxygen atoms in total. The van der Waals surface area contributed by atoms with Gasteiger partial charge in [0.2, 0.25) is 0 Å². The predicted molar refractivity (Wildman–Crippen MR) is 158 cm³/mol. The first-order valence-electron chi connectivity index (χ1n) is 12.6. The van der Waals surface area contributed by atoms with Crippen LogP contribution >= 0.6 is 11.8 Å². The highest BCUT2D eigenvalue weighted by atomic mass is 32.2. The largest absolute Gasteiger partial charge is 0.372 e. The smallest absolute Gasteiger partial charge is 0.256 e. The minimum atomic E-state index is -0.131. The van der Waals surface area contributed by atoms with Crippen molar-refractivity contribution in [1.82, 2.24) is 15.2 Å². The summed E-state index contributed by atoms with van der Waals surface area (Å²) in [6.45, 7) is 6.16. The number of H-pyrrole nitrogens is 1. The minimum absolute atomic E-state index is 0.131. The average Bonchev–Trinajstić information content (AvgIpc) is 3.36. The molecule has 0 aliphatic rings. The molecule has 2 N–H and O–H groups in total. The number of aromatic amines is 1. The Hall–Kier alpha value is -4.36. The number of aromatic nitrogens is 3. The van der Waals surface area contributed by atoms with Gasteiger partial charge in [0.15, 0.2) is 0 Å². The SMILES string of the molecule is CCN(CC)c1ccc(NC(=O)c2ccccc2Sc2ccc3c(/C=C/c4ccccn4)n[nH]c3c2)cc1. The lowest BCUT2D eigenvalue weighted by molar-refractivity contribution is 0.102. The Balaban J connectivity index is 1.31. The average molecular weight is 520 g/mol. The Bertz CT molecular complexity index is 1560. The van der Waals surface area contributed by atoms with Crippen molar-refractivity contribution in [1.29, 1.82) is 0 Å². The fourth-order valence-corrected chi connectivity index (χ4v) is 5.25. The molecular weight excluding hydrogens is 490 g/mol. The van der Waals surface area contributed by atoms with E-state index in [1.165, 1.54) is 0 Å². The topological polar surface area (TPSA) is 73.9 Å². The molecule has 38 heavy (non-hydrogen) atoms. The zero-order valence-corrected chi connectivity index (χ0v) is 22.2. The Morgan fingerprint density at radius 3 is 2.50 bits per heavy atom. The monoisotopic (exact) mass is 519 g/mol. The molecule has 1 amide bonds. The van der Waals surface area contributed by atoms with Crippen LogP contribution in [-0.4, -0.2) is 34.2 Å². The minimum Gasteiger partial charge on any atom is -0.372 e. The molecule has 0 saturated carbocycles. The maximum atomic E-state index is 13.2. The lowest BCUT2D eigenvalue weighted by atomic mass is 10.2. The molecule has 5 rings (SSSR count). The van der Waals surface area contributed by atoms with Gasteiger partial charge in [-0.05, 0) is 92.7 Å². The van der Waals surface area contributed by atoms with Gasteiger partial charge in [-0.1, -0.05) is 30.0 Å². The molecule has 0 spiro atoms. The number of carbonyl (C=O) groups excluding carboxylic acids is 1. The standard InChI is InChI=1S/C31H29N5OS/c1-3-36(4-2)24-15-12-23(13-16-24)33-31(37)27-10-5-6-11-30(27)38-25-17-18-26-28(34-35-29(26)21-25)19-14-22-9-7-8-20-32-22/h5-21H,3-4H2,1-2H3,(H,33,37)(H,34,35)/b19-14+. The van der Waals surface area contributed by atoms with Gasteiger partial charge in [0, 0.05) is 45.8 Å². The fraction of sp³-hybridized carbons (Fsp3) is 0.129. The number of anilines is 2. The van der Waals surface area contributed by atoms with Crippen LogP contribution in [0.2, 0.25) is 0 Å². The van der Waals surface area contributed by atoms with Crippen LogP contribution in [0, 0.1) is 0 Å². The predicted octanol–water partition coefficient (Wildman–Crippen LogP) is 7.38. The molecule has 0 fully saturated rings. The third-order valence-electron chi connectivity index (χ3n) is 6.28. The molecule has 0 bridgehead atoms. The van der Waals surface area contributed by atoms with E-state index in [0.29, 0.717) is 5.56 Å². The van der Waals surface area contributed by atoms with Crippen LogP contribution in [0.1, 0.15) is 35.6 Å². The van der Waals surface area contributed by atoms with Crippen LogP contribution < -0.4 is 10.2 Å². The molecule has 0 saturated heterocycles. The summed E-state index contributed by atoms with van der Waals surface area (Å²) in [4.78, 5) is 21.7. The molecule has 2 aromatic heterocycles. The van der Waals surface area contributed by atoms with Gasteiger partial charge in [0.05, 0.1) is 22.5 Å². The number of rotatable bonds is 9. The van der Waals surface area contributed by atoms with Crippen LogP contribution in [0.3, 0.4) is 0 Å². The molecule has 0 radical (unpaired) electrons. The molecule has 0 atom stereocenters. The number of fused-ring (bicyclic) bond motifs is 1. The highest BCUT2D eigenvalue weighted by molar-refractivity contribution is 7.99. The molecule has 7 heteroatoms. The van der Waals surface area contributed by atoms with Crippen molar-refractivity contribution < 1.29 is 4.79 Å². The van der Waals surface area contributed by atoms with E-state index in [4.69, 9.17) is 0 Å². The van der Waals surface area contributed by atoms with Crippen molar-refractivity contribution >= 4 is 52.1 Å². The summed E-state index contributed by atoms with van der Waals surface area (Å²) >= 11 is 1.56. The number of pyridine rings is 1. The van der Waals surface area contributed by atoms with E-state index in [1.807, 2.05) is 78.9 Å². The van der Waals surface area contributed by atoms with Gasteiger partial charge in [0.1, 0.15) is 0 Å². The second kappa shape index (κ2) is 11.8. The molecule has 3 aromatic carbocycles. The van der Waals surface area contributed by atoms with Crippen LogP contribution in [0.4, 0.5) is 11.4 Å². The molecule has 5 aromatic rings. The van der Waals surface area contributed by atoms with Crippen LogP contribution in [0.5, 0.6) is 0 Å². The van der Waals surface area contributed by atoms with E-state index in [1.54, 1.807) is 18.0 Å². The zero-order valence-electron chi connectivity index (χ0n) is 21.4. The maximum Gasteiger partial charge on any atom is 0.256 e. The van der Waals surface area contributed by atoms with Crippen molar-refractivity contribution in [2.24, 2.45) is 0 Å². The third-order valence-corrected chi connectivity index (χ3v) is 7.34. The van der Waals surface area contributed by atoms with Crippen molar-refractivity contribution in [3.63, 3.8) is 0 Å². The third kappa shape index (κ3) is 5.79. The normalized spacial score (nSPS) is 11.2.